The minimum atomic E-state index is -4.61. The highest BCUT2D eigenvalue weighted by Crippen LogP contribution is 2.38. The van der Waals surface area contributed by atoms with Crippen molar-refractivity contribution in [3.8, 4) is 11.5 Å². The molecule has 4 N–H and O–H groups in total. The van der Waals surface area contributed by atoms with Crippen molar-refractivity contribution in [3.63, 3.8) is 0 Å². The quantitative estimate of drug-likeness (QED) is 0.0672. The number of esters is 2. The smallest absolute Gasteiger partial charge is 0.416 e. The number of carbonyl (C=O) groups excluding carboxylic acids is 3. The van der Waals surface area contributed by atoms with E-state index in [0.717, 1.165) is 35.9 Å². The van der Waals surface area contributed by atoms with E-state index in [9.17, 15) is 47.0 Å². The number of benzene rings is 3. The van der Waals surface area contributed by atoms with Crippen LogP contribution in [0.25, 0.3) is 0 Å². The molecule has 0 aliphatic carbocycles. The lowest BCUT2D eigenvalue weighted by Gasteiger charge is -2.16. The molecule has 0 aromatic heterocycles. The highest BCUT2D eigenvalue weighted by Gasteiger charge is 2.40. The van der Waals surface area contributed by atoms with Crippen molar-refractivity contribution < 1.29 is 70.9 Å². The van der Waals surface area contributed by atoms with E-state index in [2.05, 4.69) is 4.74 Å². The molecule has 22 heteroatoms. The average Bonchev–Trinajstić information content (AvgIpc) is 3.37. The van der Waals surface area contributed by atoms with E-state index < -0.39 is 71.3 Å². The average molecular weight is 869 g/mol. The number of nitrogens with two attached hydrogens (primary N) is 1. The monoisotopic (exact) mass is 867 g/mol. The van der Waals surface area contributed by atoms with Crippen LogP contribution in [0.1, 0.15) is 48.7 Å². The molecule has 0 radical (unpaired) electrons. The Morgan fingerprint density at radius 1 is 1.09 bits per heavy atom. The van der Waals surface area contributed by atoms with E-state index in [1.54, 1.807) is 0 Å². The molecule has 1 heterocycles. The minimum absolute atomic E-state index is 0.00687. The Kier molecular flexibility index (Phi) is 17.9. The standard InChI is InChI=1S/C18H13ClF3NO7.C12H14ClNO2.C5H12NO4P/c1-2-28-16(24)9-29-17(25)12-8-11(4-5-14(12)23(26)27)30-15-6-3-10(7-13(15)19)18(20,21)22;1-12(2)8-16-14(11(12)15)7-9-5-3-4-6-10(9)13;1-11(9,10)3-2-4(6)5(7)8/h3-8H,2,9H2,1H3;3-6H,7-8H2,1-2H3;4H,2-3,6H2,1H3,(H,7,8)(H,9,10). The lowest BCUT2D eigenvalue weighted by Crippen LogP contribution is -2.30. The second-order valence-corrected chi connectivity index (χ2v) is 16.0. The number of nitro groups is 1. The topological polar surface area (TPSA) is 235 Å². The number of hydroxylamine groups is 2. The predicted molar refractivity (Wildman–Crippen MR) is 199 cm³/mol. The number of nitrogens with zero attached hydrogens (tertiary/aromatic N) is 2. The summed E-state index contributed by atoms with van der Waals surface area (Å²) in [5, 5.41) is 21.1. The van der Waals surface area contributed by atoms with Crippen molar-refractivity contribution in [3.05, 3.63) is 97.5 Å². The number of amides is 1. The molecule has 0 spiro atoms. The summed E-state index contributed by atoms with van der Waals surface area (Å²) in [5.41, 5.74) is 3.40. The fraction of sp³-hybridized carbons (Fsp3) is 0.371. The van der Waals surface area contributed by atoms with E-state index in [-0.39, 0.29) is 41.6 Å². The molecule has 4 rings (SSSR count). The van der Waals surface area contributed by atoms with Crippen LogP contribution in [0.4, 0.5) is 18.9 Å². The molecule has 3 aromatic rings. The Bertz CT molecular complexity index is 1980. The fourth-order valence-corrected chi connectivity index (χ4v) is 5.46. The van der Waals surface area contributed by atoms with Gasteiger partial charge in [0.1, 0.15) is 23.1 Å². The van der Waals surface area contributed by atoms with E-state index in [1.807, 2.05) is 38.1 Å². The summed E-state index contributed by atoms with van der Waals surface area (Å²) < 4.78 is 63.4. The van der Waals surface area contributed by atoms with Gasteiger partial charge in [-0.15, -0.1) is 0 Å². The highest BCUT2D eigenvalue weighted by atomic mass is 35.5. The molecule has 1 saturated heterocycles. The van der Waals surface area contributed by atoms with Crippen LogP contribution in [0.2, 0.25) is 10.0 Å². The number of alkyl halides is 3. The number of carboxylic acids is 1. The Morgan fingerprint density at radius 3 is 2.25 bits per heavy atom. The van der Waals surface area contributed by atoms with E-state index in [4.69, 9.17) is 53.2 Å². The summed E-state index contributed by atoms with van der Waals surface area (Å²) in [5.74, 6) is -3.49. The summed E-state index contributed by atoms with van der Waals surface area (Å²) in [6.07, 6.45) is -4.61. The van der Waals surface area contributed by atoms with Crippen LogP contribution in [0.15, 0.2) is 60.7 Å². The molecule has 312 valence electrons. The maximum Gasteiger partial charge on any atom is 0.416 e. The van der Waals surface area contributed by atoms with Crippen LogP contribution in [-0.4, -0.2) is 82.5 Å². The molecule has 3 aromatic carbocycles. The summed E-state index contributed by atoms with van der Waals surface area (Å²) in [4.78, 5) is 69.9. The van der Waals surface area contributed by atoms with Crippen molar-refractivity contribution in [1.29, 1.82) is 0 Å². The molecule has 2 atom stereocenters. The number of hydrogen-bond acceptors (Lipinski definition) is 12. The third kappa shape index (κ3) is 15.9. The van der Waals surface area contributed by atoms with Gasteiger partial charge in [0.15, 0.2) is 14.0 Å². The second kappa shape index (κ2) is 21.1. The summed E-state index contributed by atoms with van der Waals surface area (Å²) in [7, 11) is -3.10. The molecule has 0 saturated carbocycles. The van der Waals surface area contributed by atoms with Crippen molar-refractivity contribution in [2.45, 2.75) is 46.0 Å². The third-order valence-corrected chi connectivity index (χ3v) is 9.08. The van der Waals surface area contributed by atoms with Gasteiger partial charge in [0.2, 0.25) is 0 Å². The van der Waals surface area contributed by atoms with Gasteiger partial charge in [-0.2, -0.15) is 13.2 Å². The number of hydrogen-bond donors (Lipinski definition) is 3. The normalized spacial score (nSPS) is 14.8. The largest absolute Gasteiger partial charge is 0.480 e. The molecule has 1 fully saturated rings. The van der Waals surface area contributed by atoms with Crippen molar-refractivity contribution in [1.82, 2.24) is 5.06 Å². The summed E-state index contributed by atoms with van der Waals surface area (Å²) in [6.45, 7) is 6.59. The lowest BCUT2D eigenvalue weighted by molar-refractivity contribution is -0.385. The molecule has 16 nitrogen and oxygen atoms in total. The zero-order valence-corrected chi connectivity index (χ0v) is 33.2. The molecule has 1 aliphatic rings. The minimum Gasteiger partial charge on any atom is -0.480 e. The Hall–Kier alpha value is -4.78. The van der Waals surface area contributed by atoms with Crippen LogP contribution in [0.3, 0.4) is 0 Å². The third-order valence-electron chi connectivity index (χ3n) is 7.33. The van der Waals surface area contributed by atoms with Crippen molar-refractivity contribution in [2.75, 3.05) is 32.6 Å². The van der Waals surface area contributed by atoms with Crippen LogP contribution < -0.4 is 10.5 Å². The van der Waals surface area contributed by atoms with Gasteiger partial charge in [0, 0.05) is 30.0 Å². The Balaban J connectivity index is 0.000000344. The SMILES string of the molecule is CC1(C)CON(Cc2ccccc2Cl)C1=O.CCOC(=O)COC(=O)c1cc(Oc2ccc(C(F)(F)F)cc2Cl)ccc1[N+](=O)[O-].CP(=O)(O)CCC(N)C(=O)O. The first kappa shape index (κ1) is 48.4. The number of ether oxygens (including phenoxy) is 3. The van der Waals surface area contributed by atoms with Crippen LogP contribution >= 0.6 is 30.6 Å². The number of carboxylic acid groups (broad SMARTS) is 1. The number of halogens is 5. The van der Waals surface area contributed by atoms with Gasteiger partial charge < -0.3 is 29.9 Å². The molecular weight excluding hydrogens is 829 g/mol. The highest BCUT2D eigenvalue weighted by molar-refractivity contribution is 7.57. The van der Waals surface area contributed by atoms with Gasteiger partial charge in [-0.05, 0) is 63.1 Å². The summed E-state index contributed by atoms with van der Waals surface area (Å²) >= 11 is 11.8. The first-order valence-electron chi connectivity index (χ1n) is 16.5. The van der Waals surface area contributed by atoms with Gasteiger partial charge in [0.25, 0.3) is 11.6 Å². The van der Waals surface area contributed by atoms with Crippen molar-refractivity contribution >= 4 is 60.1 Å². The first-order valence-corrected chi connectivity index (χ1v) is 19.5. The molecule has 2 unspecified atom stereocenters. The summed E-state index contributed by atoms with van der Waals surface area (Å²) in [6, 6.07) is 11.8. The van der Waals surface area contributed by atoms with Crippen LogP contribution in [0.5, 0.6) is 11.5 Å². The fourth-order valence-electron chi connectivity index (χ4n) is 4.29. The van der Waals surface area contributed by atoms with E-state index >= 15 is 0 Å². The molecular formula is C35H39Cl2F3N3O13P. The molecule has 1 amide bonds. The first-order chi connectivity index (χ1) is 26.4. The van der Waals surface area contributed by atoms with Gasteiger partial charge in [-0.25, -0.2) is 14.7 Å². The maximum atomic E-state index is 12.7. The number of aliphatic carboxylic acids is 1. The maximum absolute atomic E-state index is 12.7. The molecule has 0 bridgehead atoms. The van der Waals surface area contributed by atoms with Gasteiger partial charge >= 0.3 is 24.1 Å². The predicted octanol–water partition coefficient (Wildman–Crippen LogP) is 7.11. The van der Waals surface area contributed by atoms with Crippen LogP contribution in [0, 0.1) is 15.5 Å². The second-order valence-electron chi connectivity index (χ2n) is 12.7. The number of nitro benzene ring substituents is 1. The number of rotatable bonds is 13. The van der Waals surface area contributed by atoms with Gasteiger partial charge in [-0.1, -0.05) is 41.4 Å². The lowest BCUT2D eigenvalue weighted by atomic mass is 9.95. The zero-order valence-electron chi connectivity index (χ0n) is 30.8. The number of carbonyl (C=O) groups is 4. The van der Waals surface area contributed by atoms with E-state index in [0.29, 0.717) is 24.2 Å². The van der Waals surface area contributed by atoms with Gasteiger partial charge in [0.05, 0.1) is 40.7 Å². The Labute approximate surface area is 334 Å². The Morgan fingerprint density at radius 2 is 1.74 bits per heavy atom. The van der Waals surface area contributed by atoms with Crippen molar-refractivity contribution in [2.24, 2.45) is 11.1 Å². The molecule has 57 heavy (non-hydrogen) atoms. The molecule has 1 aliphatic heterocycles. The van der Waals surface area contributed by atoms with Crippen LogP contribution in [-0.2, 0) is 46.0 Å². The van der Waals surface area contributed by atoms with E-state index in [1.165, 1.54) is 18.7 Å². The van der Waals surface area contributed by atoms with Gasteiger partial charge in [-0.3, -0.25) is 29.1 Å². The zero-order chi connectivity index (χ0) is 43.3.